The van der Waals surface area contributed by atoms with Gasteiger partial charge in [0.15, 0.2) is 0 Å². The number of ether oxygens (including phenoxy) is 2. The molecule has 4 heteroatoms. The summed E-state index contributed by atoms with van der Waals surface area (Å²) in [5, 5.41) is 19.7. The molecule has 0 aliphatic heterocycles. The molecule has 0 bridgehead atoms. The molecule has 0 heterocycles. The first kappa shape index (κ1) is 19.8. The second-order valence-corrected chi connectivity index (χ2v) is 7.66. The molecule has 0 radical (unpaired) electrons. The van der Waals surface area contributed by atoms with Crippen LogP contribution in [0.3, 0.4) is 0 Å². The molecule has 0 saturated carbocycles. The Balaban J connectivity index is 4.52. The molecule has 4 nitrogen and oxygen atoms in total. The Morgan fingerprint density at radius 3 is 1.75 bits per heavy atom. The van der Waals surface area contributed by atoms with E-state index in [9.17, 15) is 10.2 Å². The van der Waals surface area contributed by atoms with Crippen LogP contribution in [-0.2, 0) is 9.47 Å². The molecular formula is C16H34O4. The Morgan fingerprint density at radius 2 is 1.40 bits per heavy atom. The SMILES string of the molecule is CC(C(C)[C@@H](CO)OC(C)(C)C)[C@H](O)COC(C)(C)C. The first-order valence-electron chi connectivity index (χ1n) is 7.48. The van der Waals surface area contributed by atoms with Gasteiger partial charge in [-0.25, -0.2) is 0 Å². The van der Waals surface area contributed by atoms with Crippen molar-refractivity contribution in [3.05, 3.63) is 0 Å². The van der Waals surface area contributed by atoms with E-state index in [1.807, 2.05) is 55.4 Å². The maximum atomic E-state index is 10.2. The Bertz CT molecular complexity index is 265. The molecule has 0 aliphatic rings. The molecule has 0 aliphatic carbocycles. The van der Waals surface area contributed by atoms with E-state index >= 15 is 0 Å². The highest BCUT2D eigenvalue weighted by Crippen LogP contribution is 2.25. The van der Waals surface area contributed by atoms with Crippen LogP contribution in [0.1, 0.15) is 55.4 Å². The molecule has 0 saturated heterocycles. The van der Waals surface area contributed by atoms with Gasteiger partial charge in [-0.15, -0.1) is 0 Å². The van der Waals surface area contributed by atoms with E-state index in [2.05, 4.69) is 0 Å². The van der Waals surface area contributed by atoms with Crippen LogP contribution in [0, 0.1) is 11.8 Å². The highest BCUT2D eigenvalue weighted by molar-refractivity contribution is 4.79. The van der Waals surface area contributed by atoms with Crippen LogP contribution >= 0.6 is 0 Å². The monoisotopic (exact) mass is 290 g/mol. The third kappa shape index (κ3) is 8.20. The minimum atomic E-state index is -0.568. The van der Waals surface area contributed by atoms with Crippen molar-refractivity contribution < 1.29 is 19.7 Å². The molecule has 0 spiro atoms. The molecule has 122 valence electrons. The van der Waals surface area contributed by atoms with Crippen molar-refractivity contribution in [3.8, 4) is 0 Å². The van der Waals surface area contributed by atoms with Gasteiger partial charge in [-0.3, -0.25) is 0 Å². The lowest BCUT2D eigenvalue weighted by molar-refractivity contribution is -0.128. The molecule has 4 atom stereocenters. The van der Waals surface area contributed by atoms with Gasteiger partial charge in [0.25, 0.3) is 0 Å². The van der Waals surface area contributed by atoms with E-state index in [0.717, 1.165) is 0 Å². The fourth-order valence-corrected chi connectivity index (χ4v) is 1.94. The minimum Gasteiger partial charge on any atom is -0.394 e. The highest BCUT2D eigenvalue weighted by atomic mass is 16.5. The van der Waals surface area contributed by atoms with Gasteiger partial charge in [0, 0.05) is 0 Å². The van der Waals surface area contributed by atoms with Crippen LogP contribution in [0.4, 0.5) is 0 Å². The number of aliphatic hydroxyl groups excluding tert-OH is 2. The zero-order chi connectivity index (χ0) is 16.1. The summed E-state index contributed by atoms with van der Waals surface area (Å²) in [6, 6.07) is 0. The zero-order valence-corrected chi connectivity index (χ0v) is 14.4. The molecule has 0 rings (SSSR count). The first-order chi connectivity index (χ1) is 8.87. The van der Waals surface area contributed by atoms with Crippen LogP contribution in [0.5, 0.6) is 0 Å². The van der Waals surface area contributed by atoms with Crippen molar-refractivity contribution in [1.29, 1.82) is 0 Å². The average Bonchev–Trinajstić information content (AvgIpc) is 2.29. The lowest BCUT2D eigenvalue weighted by atomic mass is 9.86. The predicted octanol–water partition coefficient (Wildman–Crippen LogP) is 2.61. The summed E-state index contributed by atoms with van der Waals surface area (Å²) in [7, 11) is 0. The van der Waals surface area contributed by atoms with Gasteiger partial charge in [0.05, 0.1) is 36.6 Å². The second-order valence-electron chi connectivity index (χ2n) is 7.66. The summed E-state index contributed by atoms with van der Waals surface area (Å²) in [6.07, 6.45) is -0.851. The maximum absolute atomic E-state index is 10.2. The number of aliphatic hydroxyl groups is 2. The van der Waals surface area contributed by atoms with E-state index in [1.54, 1.807) is 0 Å². The normalized spacial score (nSPS) is 19.5. The number of hydrogen-bond donors (Lipinski definition) is 2. The largest absolute Gasteiger partial charge is 0.394 e. The van der Waals surface area contributed by atoms with Gasteiger partial charge in [0.1, 0.15) is 0 Å². The van der Waals surface area contributed by atoms with Crippen LogP contribution < -0.4 is 0 Å². The van der Waals surface area contributed by atoms with Gasteiger partial charge < -0.3 is 19.7 Å². The smallest absolute Gasteiger partial charge is 0.0841 e. The zero-order valence-electron chi connectivity index (χ0n) is 14.4. The van der Waals surface area contributed by atoms with Crippen LogP contribution in [0.15, 0.2) is 0 Å². The van der Waals surface area contributed by atoms with Gasteiger partial charge in [-0.1, -0.05) is 13.8 Å². The van der Waals surface area contributed by atoms with Crippen molar-refractivity contribution in [2.45, 2.75) is 78.8 Å². The van der Waals surface area contributed by atoms with Crippen LogP contribution in [-0.4, -0.2) is 46.8 Å². The van der Waals surface area contributed by atoms with Crippen molar-refractivity contribution in [3.63, 3.8) is 0 Å². The summed E-state index contributed by atoms with van der Waals surface area (Å²) in [5.74, 6) is 0.0228. The summed E-state index contributed by atoms with van der Waals surface area (Å²) >= 11 is 0. The Morgan fingerprint density at radius 1 is 0.900 bits per heavy atom. The van der Waals surface area contributed by atoms with Crippen molar-refractivity contribution in [2.75, 3.05) is 13.2 Å². The lowest BCUT2D eigenvalue weighted by Crippen LogP contribution is -2.41. The quantitative estimate of drug-likeness (QED) is 0.756. The van der Waals surface area contributed by atoms with Gasteiger partial charge in [0.2, 0.25) is 0 Å². The molecule has 0 aromatic heterocycles. The van der Waals surface area contributed by atoms with E-state index < -0.39 is 6.10 Å². The van der Waals surface area contributed by atoms with E-state index in [0.29, 0.717) is 6.61 Å². The molecular weight excluding hydrogens is 256 g/mol. The molecule has 0 aromatic rings. The molecule has 0 fully saturated rings. The minimum absolute atomic E-state index is 0.0168. The Labute approximate surface area is 124 Å². The maximum Gasteiger partial charge on any atom is 0.0841 e. The average molecular weight is 290 g/mol. The fourth-order valence-electron chi connectivity index (χ4n) is 1.94. The molecule has 20 heavy (non-hydrogen) atoms. The summed E-state index contributed by atoms with van der Waals surface area (Å²) in [4.78, 5) is 0. The molecule has 0 amide bonds. The van der Waals surface area contributed by atoms with Crippen molar-refractivity contribution >= 4 is 0 Å². The molecule has 2 N–H and O–H groups in total. The Kier molecular flexibility index (Phi) is 7.67. The van der Waals surface area contributed by atoms with Gasteiger partial charge in [-0.2, -0.15) is 0 Å². The van der Waals surface area contributed by atoms with Crippen LogP contribution in [0.2, 0.25) is 0 Å². The van der Waals surface area contributed by atoms with Crippen molar-refractivity contribution in [2.24, 2.45) is 11.8 Å². The molecule has 0 aromatic carbocycles. The Hall–Kier alpha value is -0.160. The standard InChI is InChI=1S/C16H34O4/c1-11(13(18)10-19-15(3,4)5)12(2)14(9-17)20-16(6,7)8/h11-14,17-18H,9-10H2,1-8H3/t11?,12?,13-,14-/m1/s1. The molecule has 2 unspecified atom stereocenters. The summed E-state index contributed by atoms with van der Waals surface area (Å²) < 4.78 is 11.5. The van der Waals surface area contributed by atoms with E-state index in [1.165, 1.54) is 0 Å². The van der Waals surface area contributed by atoms with Gasteiger partial charge in [-0.05, 0) is 53.4 Å². The van der Waals surface area contributed by atoms with E-state index in [4.69, 9.17) is 9.47 Å². The fraction of sp³-hybridized carbons (Fsp3) is 1.00. The third-order valence-corrected chi connectivity index (χ3v) is 3.39. The van der Waals surface area contributed by atoms with Gasteiger partial charge >= 0.3 is 0 Å². The predicted molar refractivity (Wildman–Crippen MR) is 81.8 cm³/mol. The summed E-state index contributed by atoms with van der Waals surface area (Å²) in [5.41, 5.74) is -0.573. The third-order valence-electron chi connectivity index (χ3n) is 3.39. The summed E-state index contributed by atoms with van der Waals surface area (Å²) in [6.45, 7) is 16.0. The second kappa shape index (κ2) is 7.74. The topological polar surface area (TPSA) is 58.9 Å². The first-order valence-corrected chi connectivity index (χ1v) is 7.48. The highest BCUT2D eigenvalue weighted by Gasteiger charge is 2.31. The van der Waals surface area contributed by atoms with E-state index in [-0.39, 0.29) is 35.7 Å². The van der Waals surface area contributed by atoms with Crippen molar-refractivity contribution in [1.82, 2.24) is 0 Å². The number of hydrogen-bond acceptors (Lipinski definition) is 4. The lowest BCUT2D eigenvalue weighted by Gasteiger charge is -2.35. The van der Waals surface area contributed by atoms with Crippen LogP contribution in [0.25, 0.3) is 0 Å². The number of rotatable bonds is 7.